The monoisotopic (exact) mass is 295 g/mol. The van der Waals surface area contributed by atoms with E-state index in [0.717, 1.165) is 12.1 Å². The van der Waals surface area contributed by atoms with Gasteiger partial charge in [-0.3, -0.25) is 0 Å². The molecule has 19 heavy (non-hydrogen) atoms. The van der Waals surface area contributed by atoms with Gasteiger partial charge in [-0.1, -0.05) is 24.6 Å². The Labute approximate surface area is 115 Å². The van der Waals surface area contributed by atoms with Gasteiger partial charge >= 0.3 is 6.18 Å². The van der Waals surface area contributed by atoms with E-state index in [2.05, 4.69) is 5.32 Å². The van der Waals surface area contributed by atoms with Crippen molar-refractivity contribution in [1.82, 2.24) is 5.32 Å². The zero-order chi connectivity index (χ0) is 14.5. The van der Waals surface area contributed by atoms with Gasteiger partial charge in [-0.15, -0.1) is 0 Å². The highest BCUT2D eigenvalue weighted by molar-refractivity contribution is 6.32. The number of benzene rings is 1. The molecule has 0 heterocycles. The lowest BCUT2D eigenvalue weighted by Crippen LogP contribution is -2.17. The van der Waals surface area contributed by atoms with E-state index < -0.39 is 19.2 Å². The quantitative estimate of drug-likeness (QED) is 0.843. The van der Waals surface area contributed by atoms with E-state index in [9.17, 15) is 13.2 Å². The van der Waals surface area contributed by atoms with Crippen molar-refractivity contribution in [2.24, 2.45) is 0 Å². The Bertz CT molecular complexity index is 409. The summed E-state index contributed by atoms with van der Waals surface area (Å²) >= 11 is 5.99. The molecule has 1 N–H and O–H groups in total. The van der Waals surface area contributed by atoms with Crippen molar-refractivity contribution in [2.75, 3.05) is 13.2 Å². The number of nitrogens with one attached hydrogen (secondary N) is 1. The van der Waals surface area contributed by atoms with Crippen molar-refractivity contribution in [3.63, 3.8) is 0 Å². The molecule has 6 heteroatoms. The second kappa shape index (κ2) is 7.01. The van der Waals surface area contributed by atoms with Crippen LogP contribution in [0.1, 0.15) is 31.9 Å². The summed E-state index contributed by atoms with van der Waals surface area (Å²) in [6.07, 6.45) is -5.20. The Hall–Kier alpha value is -0.940. The number of hydrogen-bond acceptors (Lipinski definition) is 2. The van der Waals surface area contributed by atoms with Gasteiger partial charge in [0.1, 0.15) is 5.75 Å². The van der Waals surface area contributed by atoms with Crippen molar-refractivity contribution >= 4 is 11.6 Å². The molecule has 0 bridgehead atoms. The van der Waals surface area contributed by atoms with E-state index in [1.54, 1.807) is 18.2 Å². The van der Waals surface area contributed by atoms with Crippen LogP contribution >= 0.6 is 11.6 Å². The van der Waals surface area contributed by atoms with Crippen molar-refractivity contribution in [1.29, 1.82) is 0 Å². The minimum Gasteiger partial charge on any atom is -0.492 e. The van der Waals surface area contributed by atoms with Crippen molar-refractivity contribution in [3.8, 4) is 5.75 Å². The van der Waals surface area contributed by atoms with Gasteiger partial charge < -0.3 is 10.1 Å². The smallest absolute Gasteiger partial charge is 0.392 e. The van der Waals surface area contributed by atoms with Crippen LogP contribution in [0.4, 0.5) is 13.2 Å². The highest BCUT2D eigenvalue weighted by Crippen LogP contribution is 2.29. The molecule has 0 saturated heterocycles. The molecule has 1 aromatic rings. The van der Waals surface area contributed by atoms with Gasteiger partial charge in [-0.25, -0.2) is 0 Å². The maximum Gasteiger partial charge on any atom is 0.392 e. The predicted molar refractivity (Wildman–Crippen MR) is 69.7 cm³/mol. The average molecular weight is 296 g/mol. The number of hydrogen-bond donors (Lipinski definition) is 1. The first-order valence-electron chi connectivity index (χ1n) is 6.06. The maximum absolute atomic E-state index is 12.0. The minimum absolute atomic E-state index is 0.131. The molecule has 0 saturated carbocycles. The molecule has 108 valence electrons. The van der Waals surface area contributed by atoms with E-state index in [1.165, 1.54) is 0 Å². The number of rotatable bonds is 6. The molecule has 1 unspecified atom stereocenters. The van der Waals surface area contributed by atoms with Crippen molar-refractivity contribution in [2.45, 2.75) is 32.5 Å². The SMILES string of the molecule is CCNC(C)c1ccc(OCCC(F)(F)F)c(Cl)c1. The fourth-order valence-electron chi connectivity index (χ4n) is 1.60. The van der Waals surface area contributed by atoms with Gasteiger partial charge in [0.05, 0.1) is 18.1 Å². The number of alkyl halides is 3. The second-order valence-electron chi connectivity index (χ2n) is 4.18. The van der Waals surface area contributed by atoms with Gasteiger partial charge in [0.15, 0.2) is 0 Å². The summed E-state index contributed by atoms with van der Waals surface area (Å²) in [5.74, 6) is 0.276. The Morgan fingerprint density at radius 1 is 1.37 bits per heavy atom. The first-order chi connectivity index (χ1) is 8.83. The first kappa shape index (κ1) is 16.1. The van der Waals surface area contributed by atoms with Crippen LogP contribution in [-0.4, -0.2) is 19.3 Å². The molecule has 0 aliphatic rings. The minimum atomic E-state index is -4.22. The van der Waals surface area contributed by atoms with Crippen LogP contribution in [0.25, 0.3) is 0 Å². The van der Waals surface area contributed by atoms with Crippen LogP contribution in [0, 0.1) is 0 Å². The third-order valence-corrected chi connectivity index (χ3v) is 2.90. The third-order valence-electron chi connectivity index (χ3n) is 2.61. The van der Waals surface area contributed by atoms with Crippen LogP contribution in [0.5, 0.6) is 5.75 Å². The molecular formula is C13H17ClF3NO. The van der Waals surface area contributed by atoms with Gasteiger partial charge in [-0.2, -0.15) is 13.2 Å². The van der Waals surface area contributed by atoms with E-state index in [1.807, 2.05) is 13.8 Å². The summed E-state index contributed by atoms with van der Waals surface area (Å²) in [4.78, 5) is 0. The summed E-state index contributed by atoms with van der Waals surface area (Å²) < 4.78 is 41.0. The van der Waals surface area contributed by atoms with E-state index in [-0.39, 0.29) is 11.8 Å². The summed E-state index contributed by atoms with van der Waals surface area (Å²) in [6.45, 7) is 4.38. The highest BCUT2D eigenvalue weighted by atomic mass is 35.5. The zero-order valence-electron chi connectivity index (χ0n) is 10.9. The van der Waals surface area contributed by atoms with E-state index >= 15 is 0 Å². The lowest BCUT2D eigenvalue weighted by atomic mass is 10.1. The normalized spacial score (nSPS) is 13.4. The lowest BCUT2D eigenvalue weighted by Gasteiger charge is -2.15. The summed E-state index contributed by atoms with van der Waals surface area (Å²) in [6, 6.07) is 5.23. The van der Waals surface area contributed by atoms with Gasteiger partial charge in [0.2, 0.25) is 0 Å². The largest absolute Gasteiger partial charge is 0.492 e. The van der Waals surface area contributed by atoms with Gasteiger partial charge in [0.25, 0.3) is 0 Å². The van der Waals surface area contributed by atoms with Crippen LogP contribution < -0.4 is 10.1 Å². The zero-order valence-corrected chi connectivity index (χ0v) is 11.6. The lowest BCUT2D eigenvalue weighted by molar-refractivity contribution is -0.139. The molecule has 0 aliphatic heterocycles. The maximum atomic E-state index is 12.0. The Morgan fingerprint density at radius 3 is 2.58 bits per heavy atom. The fourth-order valence-corrected chi connectivity index (χ4v) is 1.85. The summed E-state index contributed by atoms with van der Waals surface area (Å²) in [5, 5.41) is 3.55. The van der Waals surface area contributed by atoms with Gasteiger partial charge in [0, 0.05) is 6.04 Å². The van der Waals surface area contributed by atoms with Crippen LogP contribution in [0.3, 0.4) is 0 Å². The predicted octanol–water partition coefficient (Wildman–Crippen LogP) is 4.34. The fraction of sp³-hybridized carbons (Fsp3) is 0.538. The molecule has 0 aromatic heterocycles. The van der Waals surface area contributed by atoms with E-state index in [0.29, 0.717) is 5.02 Å². The summed E-state index contributed by atoms with van der Waals surface area (Å²) in [5.41, 5.74) is 0.968. The molecule has 1 rings (SSSR count). The second-order valence-corrected chi connectivity index (χ2v) is 4.59. The molecule has 2 nitrogen and oxygen atoms in total. The van der Waals surface area contributed by atoms with Crippen molar-refractivity contribution in [3.05, 3.63) is 28.8 Å². The topological polar surface area (TPSA) is 21.3 Å². The Morgan fingerprint density at radius 2 is 2.05 bits per heavy atom. The standard InChI is InChI=1S/C13H17ClF3NO/c1-3-18-9(2)10-4-5-12(11(14)8-10)19-7-6-13(15,16)17/h4-5,8-9,18H,3,6-7H2,1-2H3. The molecule has 1 atom stereocenters. The molecule has 0 radical (unpaired) electrons. The molecule has 0 fully saturated rings. The first-order valence-corrected chi connectivity index (χ1v) is 6.43. The van der Waals surface area contributed by atoms with Crippen molar-refractivity contribution < 1.29 is 17.9 Å². The third kappa shape index (κ3) is 5.70. The average Bonchev–Trinajstić information content (AvgIpc) is 2.30. The van der Waals surface area contributed by atoms with Crippen LogP contribution in [0.2, 0.25) is 5.02 Å². The van der Waals surface area contributed by atoms with Crippen LogP contribution in [-0.2, 0) is 0 Å². The van der Waals surface area contributed by atoms with Crippen LogP contribution in [0.15, 0.2) is 18.2 Å². The highest BCUT2D eigenvalue weighted by Gasteiger charge is 2.27. The summed E-state index contributed by atoms with van der Waals surface area (Å²) in [7, 11) is 0. The number of ether oxygens (including phenoxy) is 1. The van der Waals surface area contributed by atoms with E-state index in [4.69, 9.17) is 16.3 Å². The molecule has 0 aliphatic carbocycles. The Balaban J connectivity index is 2.62. The van der Waals surface area contributed by atoms with Gasteiger partial charge in [-0.05, 0) is 31.2 Å². The molecule has 0 spiro atoms. The molecule has 1 aromatic carbocycles. The molecule has 0 amide bonds. The molecular weight excluding hydrogens is 279 g/mol. The Kier molecular flexibility index (Phi) is 5.94. The number of halogens is 4.